The average molecular weight is 282 g/mol. The van der Waals surface area contributed by atoms with E-state index in [0.29, 0.717) is 0 Å². The molecule has 0 amide bonds. The molecule has 0 aliphatic rings. The van der Waals surface area contributed by atoms with Crippen molar-refractivity contribution in [3.05, 3.63) is 54.1 Å². The van der Waals surface area contributed by atoms with E-state index in [0.717, 1.165) is 23.5 Å². The first-order chi connectivity index (χ1) is 10.3. The van der Waals surface area contributed by atoms with Gasteiger partial charge in [-0.3, -0.25) is 0 Å². The van der Waals surface area contributed by atoms with E-state index in [1.807, 2.05) is 36.4 Å². The minimum absolute atomic E-state index is 0.822. The van der Waals surface area contributed by atoms with Gasteiger partial charge in [0.1, 0.15) is 5.75 Å². The van der Waals surface area contributed by atoms with E-state index < -0.39 is 0 Å². The third-order valence-corrected chi connectivity index (χ3v) is 3.36. The van der Waals surface area contributed by atoms with Crippen molar-refractivity contribution in [3.8, 4) is 5.75 Å². The Kier molecular flexibility index (Phi) is 5.95. The average Bonchev–Trinajstić information content (AvgIpc) is 2.55. The summed E-state index contributed by atoms with van der Waals surface area (Å²) in [5, 5.41) is 8.48. The van der Waals surface area contributed by atoms with Crippen LogP contribution in [0.5, 0.6) is 5.75 Å². The maximum atomic E-state index is 5.11. The van der Waals surface area contributed by atoms with E-state index >= 15 is 0 Å². The zero-order valence-corrected chi connectivity index (χ0v) is 12.7. The number of unbranched alkanes of at least 4 members (excludes halogenated alkanes) is 2. The summed E-state index contributed by atoms with van der Waals surface area (Å²) >= 11 is 0. The van der Waals surface area contributed by atoms with Gasteiger partial charge < -0.3 is 4.74 Å². The molecule has 0 unspecified atom stereocenters. The molecule has 0 fully saturated rings. The molecule has 3 nitrogen and oxygen atoms in total. The van der Waals surface area contributed by atoms with Crippen molar-refractivity contribution in [2.24, 2.45) is 10.2 Å². The van der Waals surface area contributed by atoms with Gasteiger partial charge >= 0.3 is 0 Å². The van der Waals surface area contributed by atoms with Crippen LogP contribution in [0.1, 0.15) is 31.7 Å². The molecule has 0 saturated carbocycles. The molecule has 110 valence electrons. The molecule has 0 radical (unpaired) electrons. The van der Waals surface area contributed by atoms with Crippen molar-refractivity contribution in [2.45, 2.75) is 32.6 Å². The lowest BCUT2D eigenvalue weighted by atomic mass is 10.1. The molecule has 0 aliphatic carbocycles. The first-order valence-corrected chi connectivity index (χ1v) is 7.46. The van der Waals surface area contributed by atoms with Gasteiger partial charge in [-0.2, -0.15) is 10.2 Å². The molecule has 2 rings (SSSR count). The van der Waals surface area contributed by atoms with E-state index in [4.69, 9.17) is 4.74 Å². The number of azo groups is 1. The summed E-state index contributed by atoms with van der Waals surface area (Å²) in [7, 11) is 1.65. The van der Waals surface area contributed by atoms with Crippen LogP contribution in [0.3, 0.4) is 0 Å². The van der Waals surface area contributed by atoms with Crippen LogP contribution in [0, 0.1) is 0 Å². The Bertz CT molecular complexity index is 559. The van der Waals surface area contributed by atoms with Gasteiger partial charge in [0.2, 0.25) is 0 Å². The van der Waals surface area contributed by atoms with Crippen molar-refractivity contribution in [1.29, 1.82) is 0 Å². The van der Waals surface area contributed by atoms with Crippen LogP contribution in [-0.2, 0) is 6.42 Å². The summed E-state index contributed by atoms with van der Waals surface area (Å²) in [5.74, 6) is 0.824. The van der Waals surface area contributed by atoms with Gasteiger partial charge in [-0.1, -0.05) is 31.9 Å². The van der Waals surface area contributed by atoms with E-state index in [1.165, 1.54) is 24.8 Å². The lowest BCUT2D eigenvalue weighted by Crippen LogP contribution is -1.83. The fraction of sp³-hybridized carbons (Fsp3) is 0.333. The van der Waals surface area contributed by atoms with Crippen LogP contribution in [-0.4, -0.2) is 7.11 Å². The number of hydrogen-bond donors (Lipinski definition) is 0. The second-order valence-corrected chi connectivity index (χ2v) is 5.02. The van der Waals surface area contributed by atoms with Crippen LogP contribution >= 0.6 is 0 Å². The number of aryl methyl sites for hydroxylation is 1. The van der Waals surface area contributed by atoms with E-state index in [-0.39, 0.29) is 0 Å². The van der Waals surface area contributed by atoms with Crippen LogP contribution in [0.15, 0.2) is 58.8 Å². The molecular formula is C18H22N2O. The molecule has 2 aromatic rings. The van der Waals surface area contributed by atoms with Gasteiger partial charge in [-0.05, 0) is 54.8 Å². The minimum Gasteiger partial charge on any atom is -0.497 e. The first-order valence-electron chi connectivity index (χ1n) is 7.46. The molecule has 0 heterocycles. The van der Waals surface area contributed by atoms with Gasteiger partial charge in [-0.15, -0.1) is 0 Å². The van der Waals surface area contributed by atoms with Crippen molar-refractivity contribution < 1.29 is 4.74 Å². The minimum atomic E-state index is 0.822. The van der Waals surface area contributed by atoms with Crippen LogP contribution in [0.2, 0.25) is 0 Å². The summed E-state index contributed by atoms with van der Waals surface area (Å²) in [5.41, 5.74) is 3.07. The molecular weight excluding hydrogens is 260 g/mol. The Balaban J connectivity index is 1.93. The summed E-state index contributed by atoms with van der Waals surface area (Å²) < 4.78 is 5.11. The van der Waals surface area contributed by atoms with Crippen molar-refractivity contribution in [2.75, 3.05) is 7.11 Å². The smallest absolute Gasteiger partial charge is 0.119 e. The Morgan fingerprint density at radius 2 is 1.38 bits per heavy atom. The third-order valence-electron chi connectivity index (χ3n) is 3.36. The van der Waals surface area contributed by atoms with Crippen molar-refractivity contribution in [1.82, 2.24) is 0 Å². The molecule has 0 spiro atoms. The number of nitrogens with zero attached hydrogens (tertiary/aromatic N) is 2. The Hall–Kier alpha value is -2.16. The van der Waals surface area contributed by atoms with Gasteiger partial charge in [0.25, 0.3) is 0 Å². The second kappa shape index (κ2) is 8.20. The fourth-order valence-electron chi connectivity index (χ4n) is 2.07. The highest BCUT2D eigenvalue weighted by Crippen LogP contribution is 2.21. The number of benzene rings is 2. The SMILES string of the molecule is CCCCCc1ccc(N=Nc2ccc(OC)cc2)cc1. The molecule has 0 saturated heterocycles. The standard InChI is InChI=1S/C18H22N2O/c1-3-4-5-6-15-7-9-16(10-8-15)19-20-17-11-13-18(21-2)14-12-17/h7-14H,3-6H2,1-2H3. The molecule has 2 aromatic carbocycles. The van der Waals surface area contributed by atoms with E-state index in [9.17, 15) is 0 Å². The van der Waals surface area contributed by atoms with Crippen LogP contribution < -0.4 is 4.74 Å². The lowest BCUT2D eigenvalue weighted by Gasteiger charge is -2.01. The molecule has 21 heavy (non-hydrogen) atoms. The number of rotatable bonds is 7. The Morgan fingerprint density at radius 3 is 1.90 bits per heavy atom. The zero-order chi connectivity index (χ0) is 14.9. The van der Waals surface area contributed by atoms with Gasteiger partial charge in [0.15, 0.2) is 0 Å². The zero-order valence-electron chi connectivity index (χ0n) is 12.7. The first kappa shape index (κ1) is 15.2. The molecule has 0 atom stereocenters. The Labute approximate surface area is 126 Å². The summed E-state index contributed by atoms with van der Waals surface area (Å²) in [4.78, 5) is 0. The maximum Gasteiger partial charge on any atom is 0.119 e. The maximum absolute atomic E-state index is 5.11. The van der Waals surface area contributed by atoms with Crippen molar-refractivity contribution in [3.63, 3.8) is 0 Å². The monoisotopic (exact) mass is 282 g/mol. The van der Waals surface area contributed by atoms with E-state index in [1.54, 1.807) is 7.11 Å². The third kappa shape index (κ3) is 5.03. The van der Waals surface area contributed by atoms with E-state index in [2.05, 4.69) is 29.3 Å². The molecule has 0 aromatic heterocycles. The topological polar surface area (TPSA) is 34.0 Å². The van der Waals surface area contributed by atoms with Crippen molar-refractivity contribution >= 4 is 11.4 Å². The van der Waals surface area contributed by atoms with Crippen LogP contribution in [0.25, 0.3) is 0 Å². The highest BCUT2D eigenvalue weighted by atomic mass is 16.5. The second-order valence-electron chi connectivity index (χ2n) is 5.02. The molecule has 0 N–H and O–H groups in total. The molecule has 0 aliphatic heterocycles. The quantitative estimate of drug-likeness (QED) is 0.463. The summed E-state index contributed by atoms with van der Waals surface area (Å²) in [6.45, 7) is 2.22. The number of hydrogen-bond acceptors (Lipinski definition) is 3. The van der Waals surface area contributed by atoms with Gasteiger partial charge in [-0.25, -0.2) is 0 Å². The summed E-state index contributed by atoms with van der Waals surface area (Å²) in [6, 6.07) is 15.9. The van der Waals surface area contributed by atoms with Crippen LogP contribution in [0.4, 0.5) is 11.4 Å². The molecule has 3 heteroatoms. The normalized spacial score (nSPS) is 11.0. The number of ether oxygens (including phenoxy) is 1. The van der Waals surface area contributed by atoms with Gasteiger partial charge in [0.05, 0.1) is 18.5 Å². The lowest BCUT2D eigenvalue weighted by molar-refractivity contribution is 0.415. The molecule has 0 bridgehead atoms. The number of methoxy groups -OCH3 is 1. The fourth-order valence-corrected chi connectivity index (χ4v) is 2.07. The summed E-state index contributed by atoms with van der Waals surface area (Å²) in [6.07, 6.45) is 4.94. The highest BCUT2D eigenvalue weighted by molar-refractivity contribution is 5.43. The largest absolute Gasteiger partial charge is 0.497 e. The highest BCUT2D eigenvalue weighted by Gasteiger charge is 1.95. The predicted octanol–water partition coefficient (Wildman–Crippen LogP) is 5.84. The predicted molar refractivity (Wildman–Crippen MR) is 86.8 cm³/mol. The van der Waals surface area contributed by atoms with Gasteiger partial charge in [0, 0.05) is 0 Å². The Morgan fingerprint density at radius 1 is 0.810 bits per heavy atom.